The molecule has 2 aromatic heterocycles. The molecule has 0 fully saturated rings. The van der Waals surface area contributed by atoms with Crippen molar-refractivity contribution in [2.24, 2.45) is 0 Å². The molecule has 2 rings (SSSR count). The zero-order valence-electron chi connectivity index (χ0n) is 13.2. The highest BCUT2D eigenvalue weighted by Crippen LogP contribution is 2.24. The van der Waals surface area contributed by atoms with Gasteiger partial charge in [0.2, 0.25) is 0 Å². The number of imidazole rings is 1. The van der Waals surface area contributed by atoms with E-state index in [1.807, 2.05) is 6.20 Å². The third kappa shape index (κ3) is 4.11. The first-order valence-electron chi connectivity index (χ1n) is 7.84. The Hall–Kier alpha value is -1.27. The number of nitrogens with zero attached hydrogens (tertiary/aromatic N) is 4. The minimum absolute atomic E-state index is 0.259. The average molecular weight is 307 g/mol. The van der Waals surface area contributed by atoms with Gasteiger partial charge in [0, 0.05) is 25.4 Å². The van der Waals surface area contributed by atoms with Crippen LogP contribution >= 0.6 is 11.5 Å². The lowest BCUT2D eigenvalue weighted by molar-refractivity contribution is 0.518. The summed E-state index contributed by atoms with van der Waals surface area (Å²) in [5, 5.41) is 7.87. The van der Waals surface area contributed by atoms with E-state index in [4.69, 9.17) is 0 Å². The molecule has 0 aliphatic heterocycles. The number of rotatable bonds is 9. The lowest BCUT2D eigenvalue weighted by atomic mass is 10.1. The number of hydrogen-bond donors (Lipinski definition) is 1. The molecule has 6 heteroatoms. The summed E-state index contributed by atoms with van der Waals surface area (Å²) in [4.78, 5) is 5.80. The molecule has 0 bridgehead atoms. The fraction of sp³-hybridized carbons (Fsp3) is 0.667. The van der Waals surface area contributed by atoms with Gasteiger partial charge in [0.15, 0.2) is 0 Å². The summed E-state index contributed by atoms with van der Waals surface area (Å²) in [5.74, 6) is 1.14. The molecule has 2 heterocycles. The van der Waals surface area contributed by atoms with Crippen molar-refractivity contribution in [2.75, 3.05) is 6.54 Å². The predicted molar refractivity (Wildman–Crippen MR) is 86.5 cm³/mol. The molecule has 0 saturated carbocycles. The van der Waals surface area contributed by atoms with Crippen LogP contribution in [-0.2, 0) is 19.4 Å². The predicted octanol–water partition coefficient (Wildman–Crippen LogP) is 2.99. The highest BCUT2D eigenvalue weighted by Gasteiger charge is 2.20. The molecule has 1 atom stereocenters. The van der Waals surface area contributed by atoms with Gasteiger partial charge in [-0.05, 0) is 30.9 Å². The van der Waals surface area contributed by atoms with Crippen LogP contribution in [0.3, 0.4) is 0 Å². The molecule has 0 aliphatic rings. The van der Waals surface area contributed by atoms with Gasteiger partial charge in [-0.15, -0.1) is 5.10 Å². The molecule has 0 saturated heterocycles. The molecule has 0 radical (unpaired) electrons. The van der Waals surface area contributed by atoms with E-state index in [1.165, 1.54) is 16.4 Å². The summed E-state index contributed by atoms with van der Waals surface area (Å²) in [6, 6.07) is 0.259. The van der Waals surface area contributed by atoms with Gasteiger partial charge in [-0.3, -0.25) is 0 Å². The Kier molecular flexibility index (Phi) is 6.32. The highest BCUT2D eigenvalue weighted by molar-refractivity contribution is 7.05. The maximum atomic E-state index is 4.53. The summed E-state index contributed by atoms with van der Waals surface area (Å²) in [6.45, 7) is 8.47. The Morgan fingerprint density at radius 2 is 2.14 bits per heavy atom. The van der Waals surface area contributed by atoms with Gasteiger partial charge in [0.25, 0.3) is 0 Å². The third-order valence-corrected chi connectivity index (χ3v) is 4.37. The van der Waals surface area contributed by atoms with Gasteiger partial charge in [-0.2, -0.15) is 0 Å². The molecule has 116 valence electrons. The summed E-state index contributed by atoms with van der Waals surface area (Å²) in [5.41, 5.74) is 1.14. The van der Waals surface area contributed by atoms with Crippen LogP contribution in [0.15, 0.2) is 12.4 Å². The van der Waals surface area contributed by atoms with E-state index in [1.54, 1.807) is 0 Å². The second kappa shape index (κ2) is 8.24. The smallest absolute Gasteiger partial charge is 0.110 e. The number of nitrogens with one attached hydrogen (secondary N) is 1. The van der Waals surface area contributed by atoms with E-state index < -0.39 is 0 Å². The van der Waals surface area contributed by atoms with E-state index in [2.05, 4.69) is 51.4 Å². The molecule has 2 aromatic rings. The Labute approximate surface area is 131 Å². The normalized spacial score (nSPS) is 12.7. The van der Waals surface area contributed by atoms with Crippen molar-refractivity contribution in [1.82, 2.24) is 24.5 Å². The molecule has 1 N–H and O–H groups in total. The zero-order valence-corrected chi connectivity index (χ0v) is 14.0. The van der Waals surface area contributed by atoms with E-state index in [0.717, 1.165) is 50.3 Å². The second-order valence-corrected chi connectivity index (χ2v) is 5.97. The van der Waals surface area contributed by atoms with Gasteiger partial charge in [0.1, 0.15) is 5.82 Å². The lowest BCUT2D eigenvalue weighted by Gasteiger charge is -2.17. The molecular formula is C15H25N5S. The topological polar surface area (TPSA) is 55.6 Å². The fourth-order valence-corrected chi connectivity index (χ4v) is 3.32. The van der Waals surface area contributed by atoms with Crippen molar-refractivity contribution in [3.63, 3.8) is 0 Å². The molecular weight excluding hydrogens is 282 g/mol. The molecule has 0 aliphatic carbocycles. The Morgan fingerprint density at radius 3 is 2.86 bits per heavy atom. The van der Waals surface area contributed by atoms with E-state index in [9.17, 15) is 0 Å². The zero-order chi connectivity index (χ0) is 15.1. The summed E-state index contributed by atoms with van der Waals surface area (Å²) in [6.07, 6.45) is 8.07. The quantitative estimate of drug-likeness (QED) is 0.774. The van der Waals surface area contributed by atoms with Crippen LogP contribution < -0.4 is 5.32 Å². The van der Waals surface area contributed by atoms with Gasteiger partial charge in [-0.25, -0.2) is 4.98 Å². The molecule has 5 nitrogen and oxygen atoms in total. The highest BCUT2D eigenvalue weighted by atomic mass is 32.1. The third-order valence-electron chi connectivity index (χ3n) is 3.49. The number of hydrogen-bond acceptors (Lipinski definition) is 5. The Bertz CT molecular complexity index is 534. The first-order chi connectivity index (χ1) is 10.3. The molecule has 0 amide bonds. The van der Waals surface area contributed by atoms with Crippen LogP contribution in [0.1, 0.15) is 56.1 Å². The van der Waals surface area contributed by atoms with Crippen LogP contribution in [0, 0.1) is 0 Å². The van der Waals surface area contributed by atoms with Crippen molar-refractivity contribution in [3.8, 4) is 0 Å². The monoisotopic (exact) mass is 307 g/mol. The summed E-state index contributed by atoms with van der Waals surface area (Å²) in [7, 11) is 0. The van der Waals surface area contributed by atoms with Crippen LogP contribution in [0.5, 0.6) is 0 Å². The minimum Gasteiger partial charge on any atom is -0.335 e. The largest absolute Gasteiger partial charge is 0.335 e. The van der Waals surface area contributed by atoms with Crippen LogP contribution in [-0.4, -0.2) is 25.7 Å². The standard InChI is InChI=1S/C15H25N5S/c1-4-7-12-15(21-19-18-12)13(16-6-3)11-14-17-8-10-20(14)9-5-2/h8,10,13,16H,4-7,9,11H2,1-3H3. The molecule has 0 spiro atoms. The second-order valence-electron chi connectivity index (χ2n) is 5.19. The van der Waals surface area contributed by atoms with E-state index in [-0.39, 0.29) is 6.04 Å². The van der Waals surface area contributed by atoms with Crippen molar-refractivity contribution in [3.05, 3.63) is 28.8 Å². The fourth-order valence-electron chi connectivity index (χ4n) is 2.55. The molecule has 1 unspecified atom stereocenters. The first kappa shape index (κ1) is 16.1. The van der Waals surface area contributed by atoms with Crippen molar-refractivity contribution in [1.29, 1.82) is 0 Å². The molecule has 0 aromatic carbocycles. The van der Waals surface area contributed by atoms with Crippen LogP contribution in [0.25, 0.3) is 0 Å². The number of aromatic nitrogens is 4. The van der Waals surface area contributed by atoms with Gasteiger partial charge < -0.3 is 9.88 Å². The van der Waals surface area contributed by atoms with Gasteiger partial charge in [-0.1, -0.05) is 31.7 Å². The van der Waals surface area contributed by atoms with Gasteiger partial charge >= 0.3 is 0 Å². The SMILES string of the molecule is CCCc1nnsc1C(Cc1nccn1CCC)NCC. The lowest BCUT2D eigenvalue weighted by Crippen LogP contribution is -2.24. The van der Waals surface area contributed by atoms with E-state index >= 15 is 0 Å². The minimum atomic E-state index is 0.259. The summed E-state index contributed by atoms with van der Waals surface area (Å²) >= 11 is 1.52. The van der Waals surface area contributed by atoms with Gasteiger partial charge in [0.05, 0.1) is 16.6 Å². The van der Waals surface area contributed by atoms with Crippen molar-refractivity contribution in [2.45, 2.75) is 59.0 Å². The Morgan fingerprint density at radius 1 is 1.29 bits per heavy atom. The van der Waals surface area contributed by atoms with Crippen LogP contribution in [0.2, 0.25) is 0 Å². The van der Waals surface area contributed by atoms with Crippen molar-refractivity contribution < 1.29 is 0 Å². The Balaban J connectivity index is 2.18. The maximum Gasteiger partial charge on any atom is 0.110 e. The number of aryl methyl sites for hydroxylation is 2. The first-order valence-corrected chi connectivity index (χ1v) is 8.61. The van der Waals surface area contributed by atoms with Crippen molar-refractivity contribution >= 4 is 11.5 Å². The average Bonchev–Trinajstić information content (AvgIpc) is 3.09. The van der Waals surface area contributed by atoms with E-state index in [0.29, 0.717) is 0 Å². The molecule has 21 heavy (non-hydrogen) atoms. The van der Waals surface area contributed by atoms with Crippen LogP contribution in [0.4, 0.5) is 0 Å². The number of likely N-dealkylation sites (N-methyl/N-ethyl adjacent to an activating group) is 1. The summed E-state index contributed by atoms with van der Waals surface area (Å²) < 4.78 is 6.40. The maximum absolute atomic E-state index is 4.53.